The molecule has 1 aromatic rings. The summed E-state index contributed by atoms with van der Waals surface area (Å²) in [5.74, 6) is 0.417. The van der Waals surface area contributed by atoms with E-state index in [1.54, 1.807) is 0 Å². The molecule has 27 heavy (non-hydrogen) atoms. The minimum atomic E-state index is -0.116. The van der Waals surface area contributed by atoms with E-state index in [1.165, 1.54) is 11.3 Å². The minimum Gasteiger partial charge on any atom is -0.378 e. The molecule has 1 amide bonds. The van der Waals surface area contributed by atoms with Gasteiger partial charge in [-0.25, -0.2) is 0 Å². The molecule has 0 aromatic heterocycles. The third-order valence-electron chi connectivity index (χ3n) is 6.44. The fourth-order valence-corrected chi connectivity index (χ4v) is 5.04. The molecule has 1 aromatic carbocycles. The van der Waals surface area contributed by atoms with E-state index in [2.05, 4.69) is 45.9 Å². The van der Waals surface area contributed by atoms with Crippen LogP contribution in [0.3, 0.4) is 0 Å². The number of morpholine rings is 1. The van der Waals surface area contributed by atoms with Crippen molar-refractivity contribution in [2.75, 3.05) is 57.4 Å². The van der Waals surface area contributed by atoms with Crippen molar-refractivity contribution in [3.05, 3.63) is 29.8 Å². The van der Waals surface area contributed by atoms with Gasteiger partial charge in [0.05, 0.1) is 18.6 Å². The Morgan fingerprint density at radius 3 is 2.78 bits per heavy atom. The van der Waals surface area contributed by atoms with Crippen LogP contribution in [0.5, 0.6) is 0 Å². The number of hydrogen-bond acceptors (Lipinski definition) is 4. The zero-order valence-electron chi connectivity index (χ0n) is 16.7. The van der Waals surface area contributed by atoms with Crippen LogP contribution in [0.2, 0.25) is 0 Å². The number of amides is 1. The smallest absolute Gasteiger partial charge is 0.230 e. The Hall–Kier alpha value is -1.59. The summed E-state index contributed by atoms with van der Waals surface area (Å²) in [5, 5.41) is 0. The molecule has 0 aliphatic carbocycles. The van der Waals surface area contributed by atoms with Gasteiger partial charge >= 0.3 is 0 Å². The highest BCUT2D eigenvalue weighted by Gasteiger charge is 2.47. The molecule has 3 aliphatic heterocycles. The topological polar surface area (TPSA) is 36.0 Å². The highest BCUT2D eigenvalue weighted by molar-refractivity contribution is 5.84. The highest BCUT2D eigenvalue weighted by atomic mass is 16.5. The molecule has 3 fully saturated rings. The summed E-state index contributed by atoms with van der Waals surface area (Å²) >= 11 is 0. The number of benzene rings is 1. The van der Waals surface area contributed by atoms with Gasteiger partial charge in [-0.2, -0.15) is 0 Å². The number of nitrogens with zero attached hydrogens (tertiary/aromatic N) is 3. The van der Waals surface area contributed by atoms with E-state index in [9.17, 15) is 4.79 Å². The second-order valence-electron chi connectivity index (χ2n) is 8.41. The number of hydrogen-bond donors (Lipinski definition) is 0. The summed E-state index contributed by atoms with van der Waals surface area (Å²) in [7, 11) is 0. The number of ether oxygens (including phenoxy) is 1. The van der Waals surface area contributed by atoms with Gasteiger partial charge in [0.1, 0.15) is 0 Å². The maximum absolute atomic E-state index is 13.1. The molecule has 1 spiro atoms. The van der Waals surface area contributed by atoms with Crippen molar-refractivity contribution in [3.8, 4) is 0 Å². The third-order valence-corrected chi connectivity index (χ3v) is 6.44. The van der Waals surface area contributed by atoms with E-state index in [-0.39, 0.29) is 5.41 Å². The second-order valence-corrected chi connectivity index (χ2v) is 8.41. The van der Waals surface area contributed by atoms with Crippen LogP contribution < -0.4 is 4.90 Å². The zero-order valence-corrected chi connectivity index (χ0v) is 16.7. The van der Waals surface area contributed by atoms with Crippen LogP contribution >= 0.6 is 0 Å². The summed E-state index contributed by atoms with van der Waals surface area (Å²) in [6.45, 7) is 10.5. The average Bonchev–Trinajstić information content (AvgIpc) is 3.10. The van der Waals surface area contributed by atoms with Crippen LogP contribution in [0, 0.1) is 5.41 Å². The lowest BCUT2D eigenvalue weighted by Crippen LogP contribution is -2.50. The van der Waals surface area contributed by atoms with Gasteiger partial charge in [0, 0.05) is 45.0 Å². The molecule has 0 radical (unpaired) electrons. The Kier molecular flexibility index (Phi) is 5.69. The number of carbonyl (C=O) groups is 1. The summed E-state index contributed by atoms with van der Waals surface area (Å²) < 4.78 is 5.47. The standard InChI is InChI=1S/C22H33N3O2/c1-2-9-25-10-4-7-22(21(25)26)8-11-23(18-22)17-19-5-3-6-20(16-19)24-12-14-27-15-13-24/h3,5-6,16H,2,4,7-15,17-18H2,1H3. The average molecular weight is 372 g/mol. The molecule has 148 valence electrons. The van der Waals surface area contributed by atoms with Crippen molar-refractivity contribution in [1.82, 2.24) is 9.80 Å². The van der Waals surface area contributed by atoms with Crippen LogP contribution in [-0.4, -0.2) is 68.2 Å². The normalized spacial score (nSPS) is 26.9. The van der Waals surface area contributed by atoms with Crippen molar-refractivity contribution in [3.63, 3.8) is 0 Å². The molecule has 4 rings (SSSR count). The maximum Gasteiger partial charge on any atom is 0.230 e. The summed E-state index contributed by atoms with van der Waals surface area (Å²) in [4.78, 5) is 20.1. The van der Waals surface area contributed by atoms with Gasteiger partial charge in [0.15, 0.2) is 0 Å². The van der Waals surface area contributed by atoms with E-state index < -0.39 is 0 Å². The quantitative estimate of drug-likeness (QED) is 0.797. The molecule has 5 nitrogen and oxygen atoms in total. The predicted molar refractivity (Wildman–Crippen MR) is 108 cm³/mol. The number of anilines is 1. The summed E-state index contributed by atoms with van der Waals surface area (Å²) in [6, 6.07) is 8.91. The molecule has 3 saturated heterocycles. The Balaban J connectivity index is 1.40. The molecule has 5 heteroatoms. The van der Waals surface area contributed by atoms with Gasteiger partial charge in [0.2, 0.25) is 5.91 Å². The van der Waals surface area contributed by atoms with Gasteiger partial charge in [0.25, 0.3) is 0 Å². The molecule has 1 atom stereocenters. The predicted octanol–water partition coefficient (Wildman–Crippen LogP) is 2.75. The molecule has 3 heterocycles. The molecule has 0 N–H and O–H groups in total. The maximum atomic E-state index is 13.1. The molecular formula is C22H33N3O2. The first kappa shape index (κ1) is 18.8. The number of carbonyl (C=O) groups excluding carboxylic acids is 1. The first-order chi connectivity index (χ1) is 13.2. The fraction of sp³-hybridized carbons (Fsp3) is 0.682. The minimum absolute atomic E-state index is 0.116. The van der Waals surface area contributed by atoms with Crippen LogP contribution in [0.4, 0.5) is 5.69 Å². The van der Waals surface area contributed by atoms with Gasteiger partial charge in [-0.3, -0.25) is 9.69 Å². The molecule has 1 unspecified atom stereocenters. The fourth-order valence-electron chi connectivity index (χ4n) is 5.04. The first-order valence-corrected chi connectivity index (χ1v) is 10.6. The van der Waals surface area contributed by atoms with Gasteiger partial charge < -0.3 is 14.5 Å². The van der Waals surface area contributed by atoms with E-state index in [4.69, 9.17) is 4.74 Å². The lowest BCUT2D eigenvalue weighted by molar-refractivity contribution is -0.145. The number of likely N-dealkylation sites (tertiary alicyclic amines) is 2. The van der Waals surface area contributed by atoms with Crippen molar-refractivity contribution in [2.45, 2.75) is 39.2 Å². The monoisotopic (exact) mass is 371 g/mol. The molecule has 0 saturated carbocycles. The Morgan fingerprint density at radius 1 is 1.11 bits per heavy atom. The van der Waals surface area contributed by atoms with E-state index in [0.717, 1.165) is 84.7 Å². The van der Waals surface area contributed by atoms with Crippen LogP contribution in [0.25, 0.3) is 0 Å². The molecular weight excluding hydrogens is 338 g/mol. The lowest BCUT2D eigenvalue weighted by atomic mass is 9.78. The van der Waals surface area contributed by atoms with Crippen LogP contribution in [-0.2, 0) is 16.1 Å². The van der Waals surface area contributed by atoms with Crippen molar-refractivity contribution < 1.29 is 9.53 Å². The van der Waals surface area contributed by atoms with Crippen molar-refractivity contribution in [1.29, 1.82) is 0 Å². The zero-order chi connectivity index (χ0) is 18.7. The lowest BCUT2D eigenvalue weighted by Gasteiger charge is -2.39. The Labute approximate surface area is 163 Å². The Morgan fingerprint density at radius 2 is 1.96 bits per heavy atom. The van der Waals surface area contributed by atoms with Crippen LogP contribution in [0.15, 0.2) is 24.3 Å². The SMILES string of the molecule is CCCN1CCCC2(CCN(Cc3cccc(N4CCOCC4)c3)C2)C1=O. The van der Waals surface area contributed by atoms with Gasteiger partial charge in [-0.15, -0.1) is 0 Å². The molecule has 3 aliphatic rings. The second kappa shape index (κ2) is 8.19. The van der Waals surface area contributed by atoms with Crippen molar-refractivity contribution >= 4 is 11.6 Å². The summed E-state index contributed by atoms with van der Waals surface area (Å²) in [5.41, 5.74) is 2.53. The van der Waals surface area contributed by atoms with E-state index in [1.807, 2.05) is 0 Å². The summed E-state index contributed by atoms with van der Waals surface area (Å²) in [6.07, 6.45) is 4.30. The third kappa shape index (κ3) is 3.99. The largest absolute Gasteiger partial charge is 0.378 e. The number of piperidine rings is 1. The van der Waals surface area contributed by atoms with Crippen molar-refractivity contribution in [2.24, 2.45) is 5.41 Å². The highest BCUT2D eigenvalue weighted by Crippen LogP contribution is 2.40. The Bertz CT molecular complexity index is 657. The van der Waals surface area contributed by atoms with E-state index >= 15 is 0 Å². The first-order valence-electron chi connectivity index (χ1n) is 10.6. The van der Waals surface area contributed by atoms with E-state index in [0.29, 0.717) is 5.91 Å². The molecule has 0 bridgehead atoms. The van der Waals surface area contributed by atoms with Crippen LogP contribution in [0.1, 0.15) is 38.2 Å². The number of rotatable bonds is 5. The van der Waals surface area contributed by atoms with Gasteiger partial charge in [-0.05, 0) is 49.9 Å². The van der Waals surface area contributed by atoms with Gasteiger partial charge in [-0.1, -0.05) is 19.1 Å².